The van der Waals surface area contributed by atoms with Gasteiger partial charge in [0, 0.05) is 27.3 Å². The summed E-state index contributed by atoms with van der Waals surface area (Å²) in [5.41, 5.74) is 5.43. The average Bonchev–Trinajstić information content (AvgIpc) is 2.66. The predicted molar refractivity (Wildman–Crippen MR) is 122 cm³/mol. The molecule has 0 fully saturated rings. The summed E-state index contributed by atoms with van der Waals surface area (Å²) < 4.78 is 0. The van der Waals surface area contributed by atoms with Gasteiger partial charge in [0.25, 0.3) is 0 Å². The molecule has 0 heterocycles. The number of hydrogen-bond acceptors (Lipinski definition) is 0. The van der Waals surface area contributed by atoms with Gasteiger partial charge in [-0.1, -0.05) is 113 Å². The van der Waals surface area contributed by atoms with Gasteiger partial charge in [-0.25, -0.2) is 0 Å². The molecule has 3 aromatic carbocycles. The maximum absolute atomic E-state index is 2.49. The zero-order valence-corrected chi connectivity index (χ0v) is 16.9. The number of hydrogen-bond donors (Lipinski definition) is 0. The van der Waals surface area contributed by atoms with Gasteiger partial charge in [0.15, 0.2) is 0 Å². The fourth-order valence-electron chi connectivity index (χ4n) is 3.25. The Morgan fingerprint density at radius 1 is 0.692 bits per heavy atom. The topological polar surface area (TPSA) is 0 Å². The van der Waals surface area contributed by atoms with E-state index in [1.54, 1.807) is 0 Å². The van der Waals surface area contributed by atoms with Crippen molar-refractivity contribution < 1.29 is 0 Å². The molecular weight excluding hydrogens is 330 g/mol. The van der Waals surface area contributed by atoms with Crippen LogP contribution in [0.2, 0.25) is 0 Å². The minimum atomic E-state index is -0.889. The number of allylic oxidation sites excluding steroid dienone is 1. The summed E-state index contributed by atoms with van der Waals surface area (Å²) >= 11 is 0. The van der Waals surface area contributed by atoms with E-state index in [1.807, 2.05) is 0 Å². The first-order valence-electron chi connectivity index (χ1n) is 9.20. The first-order chi connectivity index (χ1) is 12.5. The van der Waals surface area contributed by atoms with Gasteiger partial charge in [-0.3, -0.25) is 0 Å². The van der Waals surface area contributed by atoms with Crippen LogP contribution < -0.4 is 10.9 Å². The standard InChI is InChI=1S/C24H27BP/c1-26(2,3)20-19-24(21-13-7-4-8-14-21)25(22-15-9-5-10-16-22)23-17-11-6-12-18-23/h4-19H,20H2,1-3H3/q+1/b24-19-. The van der Waals surface area contributed by atoms with Crippen molar-refractivity contribution in [1.82, 2.24) is 0 Å². The van der Waals surface area contributed by atoms with Crippen molar-refractivity contribution in [1.29, 1.82) is 0 Å². The van der Waals surface area contributed by atoms with E-state index < -0.39 is 7.26 Å². The molecule has 0 saturated heterocycles. The van der Waals surface area contributed by atoms with Gasteiger partial charge in [-0.15, -0.1) is 0 Å². The lowest BCUT2D eigenvalue weighted by atomic mass is 9.35. The molecule has 3 rings (SSSR count). The molecule has 26 heavy (non-hydrogen) atoms. The Labute approximate surface area is 159 Å². The lowest BCUT2D eigenvalue weighted by Crippen LogP contribution is -2.43. The SMILES string of the molecule is C[P+](C)(C)C/C=C(\B(c1ccccc1)c1ccccc1)c1ccccc1. The van der Waals surface area contributed by atoms with Crippen LogP contribution in [0.25, 0.3) is 5.47 Å². The second-order valence-electron chi connectivity index (χ2n) is 7.75. The third kappa shape index (κ3) is 4.96. The van der Waals surface area contributed by atoms with Crippen molar-refractivity contribution >= 4 is 30.4 Å². The molecule has 0 aromatic heterocycles. The largest absolute Gasteiger partial charge is 0.241 e. The van der Waals surface area contributed by atoms with Crippen LogP contribution in [0.15, 0.2) is 97.1 Å². The van der Waals surface area contributed by atoms with E-state index >= 15 is 0 Å². The van der Waals surface area contributed by atoms with E-state index in [4.69, 9.17) is 0 Å². The fourth-order valence-corrected chi connectivity index (χ4v) is 3.99. The van der Waals surface area contributed by atoms with Gasteiger partial charge in [0.05, 0.1) is 6.16 Å². The number of benzene rings is 3. The van der Waals surface area contributed by atoms with E-state index in [1.165, 1.54) is 22.0 Å². The summed E-state index contributed by atoms with van der Waals surface area (Å²) in [6, 6.07) is 32.6. The average molecular weight is 357 g/mol. The Morgan fingerprint density at radius 3 is 1.54 bits per heavy atom. The van der Waals surface area contributed by atoms with E-state index in [9.17, 15) is 0 Å². The molecule has 0 spiro atoms. The highest BCUT2D eigenvalue weighted by molar-refractivity contribution is 7.73. The lowest BCUT2D eigenvalue weighted by Gasteiger charge is -2.20. The fraction of sp³-hybridized carbons (Fsp3) is 0.167. The molecule has 0 aliphatic heterocycles. The maximum Gasteiger partial charge on any atom is 0.241 e. The van der Waals surface area contributed by atoms with Crippen molar-refractivity contribution in [2.24, 2.45) is 0 Å². The van der Waals surface area contributed by atoms with Crippen LogP contribution in [0.1, 0.15) is 5.56 Å². The van der Waals surface area contributed by atoms with Gasteiger partial charge < -0.3 is 0 Å². The molecule has 0 amide bonds. The van der Waals surface area contributed by atoms with E-state index in [2.05, 4.69) is 117 Å². The minimum Gasteiger partial charge on any atom is -0.0687 e. The third-order valence-electron chi connectivity index (χ3n) is 4.54. The molecule has 0 aliphatic rings. The monoisotopic (exact) mass is 357 g/mol. The van der Waals surface area contributed by atoms with Crippen LogP contribution in [0, 0.1) is 0 Å². The van der Waals surface area contributed by atoms with Crippen LogP contribution >= 0.6 is 7.26 Å². The number of rotatable bonds is 6. The Kier molecular flexibility index (Phi) is 6.12. The zero-order chi connectivity index (χ0) is 18.4. The highest BCUT2D eigenvalue weighted by Crippen LogP contribution is 2.46. The van der Waals surface area contributed by atoms with E-state index in [0.717, 1.165) is 6.16 Å². The van der Waals surface area contributed by atoms with Crippen LogP contribution in [-0.4, -0.2) is 32.9 Å². The van der Waals surface area contributed by atoms with Crippen LogP contribution in [0.4, 0.5) is 0 Å². The molecule has 0 nitrogen and oxygen atoms in total. The molecule has 0 unspecified atom stereocenters. The highest BCUT2D eigenvalue weighted by atomic mass is 31.2. The molecular formula is C24H27BP+. The smallest absolute Gasteiger partial charge is 0.0687 e. The molecule has 0 atom stereocenters. The van der Waals surface area contributed by atoms with Gasteiger partial charge in [-0.05, 0) is 5.56 Å². The van der Waals surface area contributed by atoms with Crippen molar-refractivity contribution in [3.05, 3.63) is 103 Å². The lowest BCUT2D eigenvalue weighted by molar-refractivity contribution is 1.60. The maximum atomic E-state index is 2.49. The molecule has 3 aromatic rings. The Morgan fingerprint density at radius 2 is 1.12 bits per heavy atom. The molecule has 2 heteroatoms. The summed E-state index contributed by atoms with van der Waals surface area (Å²) in [4.78, 5) is 0. The minimum absolute atomic E-state index is 0.256. The molecule has 0 bridgehead atoms. The van der Waals surface area contributed by atoms with Crippen molar-refractivity contribution in [3.63, 3.8) is 0 Å². The van der Waals surface area contributed by atoms with Gasteiger partial charge in [-0.2, -0.15) is 0 Å². The van der Waals surface area contributed by atoms with Crippen molar-refractivity contribution in [2.45, 2.75) is 0 Å². The summed E-state index contributed by atoms with van der Waals surface area (Å²) in [5, 5.41) is 0. The van der Waals surface area contributed by atoms with Crippen molar-refractivity contribution in [3.8, 4) is 0 Å². The molecule has 0 aliphatic carbocycles. The van der Waals surface area contributed by atoms with Gasteiger partial charge >= 0.3 is 0 Å². The second-order valence-corrected chi connectivity index (χ2v) is 12.7. The zero-order valence-electron chi connectivity index (χ0n) is 16.0. The van der Waals surface area contributed by atoms with Crippen LogP contribution in [-0.2, 0) is 0 Å². The summed E-state index contributed by atoms with van der Waals surface area (Å²) in [6.07, 6.45) is 3.65. The second kappa shape index (κ2) is 8.52. The van der Waals surface area contributed by atoms with E-state index in [-0.39, 0.29) is 6.71 Å². The highest BCUT2D eigenvalue weighted by Gasteiger charge is 2.26. The Hall–Kier alpha value is -2.11. The van der Waals surface area contributed by atoms with Crippen molar-refractivity contribution in [2.75, 3.05) is 26.2 Å². The summed E-state index contributed by atoms with van der Waals surface area (Å²) in [6.45, 7) is 7.48. The van der Waals surface area contributed by atoms with Gasteiger partial charge in [0.1, 0.15) is 0 Å². The molecule has 0 N–H and O–H groups in total. The van der Waals surface area contributed by atoms with Crippen LogP contribution in [0.3, 0.4) is 0 Å². The normalized spacial score (nSPS) is 12.0. The molecule has 130 valence electrons. The summed E-state index contributed by atoms with van der Waals surface area (Å²) in [7, 11) is -0.889. The van der Waals surface area contributed by atoms with Crippen LogP contribution in [0.5, 0.6) is 0 Å². The first kappa shape index (κ1) is 18.7. The Bertz CT molecular complexity index is 794. The third-order valence-corrected chi connectivity index (χ3v) is 5.82. The first-order valence-corrected chi connectivity index (χ1v) is 12.5. The Balaban J connectivity index is 2.16. The molecule has 0 radical (unpaired) electrons. The van der Waals surface area contributed by atoms with E-state index in [0.29, 0.717) is 0 Å². The van der Waals surface area contributed by atoms with Gasteiger partial charge in [0.2, 0.25) is 6.71 Å². The summed E-state index contributed by atoms with van der Waals surface area (Å²) in [5.74, 6) is 0. The quantitative estimate of drug-likeness (QED) is 0.438. The predicted octanol–water partition coefficient (Wildman–Crippen LogP) is 4.83. The molecule has 0 saturated carbocycles.